The number of ketones is 1. The average Bonchev–Trinajstić information content (AvgIpc) is 3.19. The lowest BCUT2D eigenvalue weighted by molar-refractivity contribution is -0.138. The molecule has 0 atom stereocenters. The van der Waals surface area contributed by atoms with Crippen LogP contribution in [0.25, 0.3) is 33.5 Å². The monoisotopic (exact) mass is 524 g/mol. The molecule has 9 heteroatoms. The third-order valence-electron chi connectivity index (χ3n) is 5.55. The molecule has 1 amide bonds. The molecule has 0 unspecified atom stereocenters. The number of carbonyl (C=O) groups excluding carboxylic acids is 2. The van der Waals surface area contributed by atoms with Gasteiger partial charge in [-0.3, -0.25) is 14.4 Å². The number of aliphatic carboxylic acids is 1. The number of carboxylic acids is 1. The highest BCUT2D eigenvalue weighted by Gasteiger charge is 2.27. The fraction of sp³-hybridized carbons (Fsp3) is 0.185. The highest BCUT2D eigenvalue weighted by Crippen LogP contribution is 2.41. The second-order valence-corrected chi connectivity index (χ2v) is 9.33. The number of benzene rings is 2. The predicted octanol–water partition coefficient (Wildman–Crippen LogP) is 7.11. The first-order chi connectivity index (χ1) is 17.2. The molecule has 0 fully saturated rings. The molecule has 184 valence electrons. The normalized spacial score (nSPS) is 11.1. The van der Waals surface area contributed by atoms with E-state index in [1.54, 1.807) is 38.1 Å². The summed E-state index contributed by atoms with van der Waals surface area (Å²) < 4.78 is 5.90. The van der Waals surface area contributed by atoms with Crippen LogP contribution in [0.4, 0.5) is 5.69 Å². The molecule has 2 aromatic heterocycles. The summed E-state index contributed by atoms with van der Waals surface area (Å²) in [6.45, 7) is 3.43. The van der Waals surface area contributed by atoms with Crippen LogP contribution in [0.3, 0.4) is 0 Å². The molecule has 0 bridgehead atoms. The van der Waals surface area contributed by atoms with Crippen molar-refractivity contribution in [2.45, 2.75) is 26.7 Å². The van der Waals surface area contributed by atoms with Gasteiger partial charge in [-0.05, 0) is 29.8 Å². The van der Waals surface area contributed by atoms with Gasteiger partial charge in [0.25, 0.3) is 0 Å². The predicted molar refractivity (Wildman–Crippen MR) is 140 cm³/mol. The van der Waals surface area contributed by atoms with E-state index in [4.69, 9.17) is 37.7 Å². The molecule has 0 aliphatic heterocycles. The quantitative estimate of drug-likeness (QED) is 0.237. The molecular formula is C27H22Cl2N2O5. The first kappa shape index (κ1) is 25.4. The Hall–Kier alpha value is -3.68. The van der Waals surface area contributed by atoms with Gasteiger partial charge in [0.1, 0.15) is 5.69 Å². The number of nitrogens with zero attached hydrogens (tertiary/aromatic N) is 1. The first-order valence-corrected chi connectivity index (χ1v) is 12.0. The number of nitrogens with one attached hydrogen (secondary N) is 1. The molecule has 0 saturated heterocycles. The molecular weight excluding hydrogens is 503 g/mol. The van der Waals surface area contributed by atoms with Gasteiger partial charge < -0.3 is 14.8 Å². The maximum atomic E-state index is 13.0. The number of pyridine rings is 1. The summed E-state index contributed by atoms with van der Waals surface area (Å²) in [6, 6.07) is 16.1. The number of Topliss-reactive ketones (excluding diaryl/α,β-unsaturated/α-hetero) is 1. The maximum absolute atomic E-state index is 13.0. The van der Waals surface area contributed by atoms with Crippen molar-refractivity contribution in [3.05, 3.63) is 70.4 Å². The lowest BCUT2D eigenvalue weighted by atomic mass is 9.97. The van der Waals surface area contributed by atoms with Gasteiger partial charge in [0, 0.05) is 33.5 Å². The van der Waals surface area contributed by atoms with Crippen LogP contribution in [-0.2, 0) is 9.59 Å². The summed E-state index contributed by atoms with van der Waals surface area (Å²) in [4.78, 5) is 41.2. The molecule has 0 aliphatic rings. The largest absolute Gasteiger partial charge is 0.481 e. The Balaban J connectivity index is 1.97. The molecule has 0 spiro atoms. The van der Waals surface area contributed by atoms with E-state index in [0.29, 0.717) is 32.3 Å². The Bertz CT molecular complexity index is 1480. The smallest absolute Gasteiger partial charge is 0.303 e. The first-order valence-electron chi connectivity index (χ1n) is 11.2. The second kappa shape index (κ2) is 10.5. The summed E-state index contributed by atoms with van der Waals surface area (Å²) in [6.07, 6.45) is -0.605. The second-order valence-electron chi connectivity index (χ2n) is 8.49. The van der Waals surface area contributed by atoms with Crippen molar-refractivity contribution in [1.29, 1.82) is 0 Å². The number of furan rings is 1. The van der Waals surface area contributed by atoms with Gasteiger partial charge in [-0.25, -0.2) is 4.98 Å². The minimum absolute atomic E-state index is 0.0467. The summed E-state index contributed by atoms with van der Waals surface area (Å²) in [5.74, 6) is -2.44. The SMILES string of the molecule is CC(C)C(=O)c1oc2nc(-c3ccccc3Cl)c(-c3ccc(Cl)cc3)cc2c1NC(=O)CCC(=O)O. The van der Waals surface area contributed by atoms with Crippen molar-refractivity contribution in [3.8, 4) is 22.4 Å². The molecule has 0 saturated carbocycles. The molecule has 2 heterocycles. The Labute approximate surface area is 217 Å². The number of carbonyl (C=O) groups is 3. The topological polar surface area (TPSA) is 110 Å². The van der Waals surface area contributed by atoms with Gasteiger partial charge >= 0.3 is 5.97 Å². The van der Waals surface area contributed by atoms with Crippen LogP contribution in [0, 0.1) is 5.92 Å². The zero-order chi connectivity index (χ0) is 26.0. The number of carboxylic acid groups (broad SMARTS) is 1. The Morgan fingerprint density at radius 2 is 1.69 bits per heavy atom. The molecule has 0 aliphatic carbocycles. The lowest BCUT2D eigenvalue weighted by Gasteiger charge is -2.12. The highest BCUT2D eigenvalue weighted by atomic mass is 35.5. The van der Waals surface area contributed by atoms with E-state index < -0.39 is 17.8 Å². The van der Waals surface area contributed by atoms with E-state index in [-0.39, 0.29) is 35.8 Å². The molecule has 2 N–H and O–H groups in total. The fourth-order valence-electron chi connectivity index (χ4n) is 3.71. The van der Waals surface area contributed by atoms with Gasteiger partial charge in [-0.15, -0.1) is 0 Å². The van der Waals surface area contributed by atoms with E-state index in [1.165, 1.54) is 0 Å². The van der Waals surface area contributed by atoms with Crippen LogP contribution < -0.4 is 5.32 Å². The molecule has 4 rings (SSSR count). The van der Waals surface area contributed by atoms with Gasteiger partial charge in [0.05, 0.1) is 17.5 Å². The Kier molecular flexibility index (Phi) is 7.43. The van der Waals surface area contributed by atoms with Crippen molar-refractivity contribution < 1.29 is 23.9 Å². The number of amides is 1. The van der Waals surface area contributed by atoms with Crippen LogP contribution in [0.1, 0.15) is 37.2 Å². The van der Waals surface area contributed by atoms with Gasteiger partial charge in [0.15, 0.2) is 5.76 Å². The zero-order valence-electron chi connectivity index (χ0n) is 19.5. The standard InChI is InChI=1S/C27H22Cl2N2O5/c1-14(2)25(35)26-24(30-21(32)11-12-22(33)34)19-13-18(15-7-9-16(28)10-8-15)23(31-27(19)36-26)17-5-3-4-6-20(17)29/h3-10,13-14H,11-12H2,1-2H3,(H,30,32)(H,33,34). The van der Waals surface area contributed by atoms with Gasteiger partial charge in [-0.2, -0.15) is 0 Å². The van der Waals surface area contributed by atoms with E-state index >= 15 is 0 Å². The number of halogens is 2. The number of anilines is 1. The summed E-state index contributed by atoms with van der Waals surface area (Å²) in [5.41, 5.74) is 2.94. The maximum Gasteiger partial charge on any atom is 0.303 e. The third-order valence-corrected chi connectivity index (χ3v) is 6.13. The van der Waals surface area contributed by atoms with Crippen LogP contribution >= 0.6 is 23.2 Å². The van der Waals surface area contributed by atoms with Crippen LogP contribution in [0.15, 0.2) is 59.0 Å². The van der Waals surface area contributed by atoms with Gasteiger partial charge in [-0.1, -0.05) is 67.4 Å². The summed E-state index contributed by atoms with van der Waals surface area (Å²) >= 11 is 12.6. The number of aromatic nitrogens is 1. The zero-order valence-corrected chi connectivity index (χ0v) is 21.0. The summed E-state index contributed by atoms with van der Waals surface area (Å²) in [7, 11) is 0. The van der Waals surface area contributed by atoms with E-state index in [9.17, 15) is 14.4 Å². The van der Waals surface area contributed by atoms with Crippen molar-refractivity contribution in [3.63, 3.8) is 0 Å². The molecule has 36 heavy (non-hydrogen) atoms. The molecule has 0 radical (unpaired) electrons. The average molecular weight is 525 g/mol. The van der Waals surface area contributed by atoms with E-state index in [2.05, 4.69) is 5.32 Å². The molecule has 4 aromatic rings. The fourth-order valence-corrected chi connectivity index (χ4v) is 4.06. The number of hydrogen-bond acceptors (Lipinski definition) is 5. The van der Waals surface area contributed by atoms with Crippen molar-refractivity contribution in [2.24, 2.45) is 5.92 Å². The van der Waals surface area contributed by atoms with Crippen molar-refractivity contribution in [2.75, 3.05) is 5.32 Å². The van der Waals surface area contributed by atoms with Crippen LogP contribution in [0.5, 0.6) is 0 Å². The van der Waals surface area contributed by atoms with Crippen LogP contribution in [-0.4, -0.2) is 27.8 Å². The van der Waals surface area contributed by atoms with E-state index in [0.717, 1.165) is 5.56 Å². The number of rotatable bonds is 8. The van der Waals surface area contributed by atoms with Crippen molar-refractivity contribution >= 4 is 57.6 Å². The number of fused-ring (bicyclic) bond motifs is 1. The lowest BCUT2D eigenvalue weighted by Crippen LogP contribution is -2.16. The minimum Gasteiger partial charge on any atom is -0.481 e. The molecule has 2 aromatic carbocycles. The Morgan fingerprint density at radius 1 is 1.00 bits per heavy atom. The molecule has 7 nitrogen and oxygen atoms in total. The summed E-state index contributed by atoms with van der Waals surface area (Å²) in [5, 5.41) is 13.1. The minimum atomic E-state index is -1.10. The number of hydrogen-bond donors (Lipinski definition) is 2. The van der Waals surface area contributed by atoms with Gasteiger partial charge in [0.2, 0.25) is 17.4 Å². The van der Waals surface area contributed by atoms with Crippen molar-refractivity contribution in [1.82, 2.24) is 4.98 Å². The Morgan fingerprint density at radius 3 is 2.33 bits per heavy atom. The third kappa shape index (κ3) is 5.27. The van der Waals surface area contributed by atoms with E-state index in [1.807, 2.05) is 30.3 Å². The highest BCUT2D eigenvalue weighted by molar-refractivity contribution is 6.33. The van der Waals surface area contributed by atoms with Crippen LogP contribution in [0.2, 0.25) is 10.0 Å².